The van der Waals surface area contributed by atoms with Crippen molar-refractivity contribution in [1.29, 1.82) is 0 Å². The number of nitrogens with zero attached hydrogens (tertiary/aromatic N) is 1. The summed E-state index contributed by atoms with van der Waals surface area (Å²) in [5, 5.41) is 4.91. The van der Waals surface area contributed by atoms with Crippen LogP contribution in [0.2, 0.25) is 0 Å². The van der Waals surface area contributed by atoms with Gasteiger partial charge in [0.25, 0.3) is 0 Å². The van der Waals surface area contributed by atoms with E-state index in [9.17, 15) is 8.42 Å². The largest absolute Gasteiger partial charge is 0.316 e. The van der Waals surface area contributed by atoms with Crippen LogP contribution in [-0.4, -0.2) is 46.5 Å². The average Bonchev–Trinajstić information content (AvgIpc) is 2.88. The summed E-state index contributed by atoms with van der Waals surface area (Å²) in [6.07, 6.45) is 3.45. The van der Waals surface area contributed by atoms with Crippen LogP contribution in [0.25, 0.3) is 0 Å². The minimum Gasteiger partial charge on any atom is -0.316 e. The first kappa shape index (κ1) is 15.9. The maximum absolute atomic E-state index is 12.3. The molecule has 1 atom stereocenters. The molecule has 114 valence electrons. The van der Waals surface area contributed by atoms with E-state index in [1.54, 1.807) is 6.07 Å². The van der Waals surface area contributed by atoms with Crippen LogP contribution in [0, 0.1) is 0 Å². The van der Waals surface area contributed by atoms with Gasteiger partial charge in [-0.05, 0) is 50.5 Å². The van der Waals surface area contributed by atoms with E-state index in [1.165, 1.54) is 24.2 Å². The maximum Gasteiger partial charge on any atom is 0.250 e. The Morgan fingerprint density at radius 2 is 2.25 bits per heavy atom. The topological polar surface area (TPSA) is 61.4 Å². The predicted molar refractivity (Wildman–Crippen MR) is 82.5 cm³/mol. The second-order valence-corrected chi connectivity index (χ2v) is 8.19. The summed E-state index contributed by atoms with van der Waals surface area (Å²) in [5.74, 6) is 0. The number of likely N-dealkylation sites (N-methyl/N-ethyl adjacent to an activating group) is 1. The van der Waals surface area contributed by atoms with E-state index in [0.717, 1.165) is 18.5 Å². The summed E-state index contributed by atoms with van der Waals surface area (Å²) >= 11 is 1.28. The van der Waals surface area contributed by atoms with Gasteiger partial charge in [-0.3, -0.25) is 0 Å². The van der Waals surface area contributed by atoms with Crippen LogP contribution in [0.4, 0.5) is 0 Å². The van der Waals surface area contributed by atoms with Gasteiger partial charge in [-0.2, -0.15) is 0 Å². The molecule has 1 fully saturated rings. The van der Waals surface area contributed by atoms with Crippen LogP contribution in [0.3, 0.4) is 0 Å². The van der Waals surface area contributed by atoms with Gasteiger partial charge < -0.3 is 10.2 Å². The third-order valence-electron chi connectivity index (χ3n) is 3.71. The van der Waals surface area contributed by atoms with Crippen molar-refractivity contribution in [1.82, 2.24) is 14.9 Å². The zero-order chi connectivity index (χ0) is 14.6. The number of sulfonamides is 1. The maximum atomic E-state index is 12.3. The highest BCUT2D eigenvalue weighted by molar-refractivity contribution is 7.91. The average molecular weight is 317 g/mol. The Morgan fingerprint density at radius 1 is 1.45 bits per heavy atom. The number of hydrogen-bond donors (Lipinski definition) is 2. The van der Waals surface area contributed by atoms with Gasteiger partial charge in [0.1, 0.15) is 4.21 Å². The number of piperidine rings is 1. The van der Waals surface area contributed by atoms with E-state index in [0.29, 0.717) is 23.3 Å². The van der Waals surface area contributed by atoms with Crippen LogP contribution in [0.5, 0.6) is 0 Å². The number of likely N-dealkylation sites (tertiary alicyclic amines) is 1. The zero-order valence-electron chi connectivity index (χ0n) is 12.1. The molecule has 0 saturated carbocycles. The number of rotatable bonds is 6. The van der Waals surface area contributed by atoms with Gasteiger partial charge >= 0.3 is 0 Å². The molecule has 0 aromatic carbocycles. The summed E-state index contributed by atoms with van der Waals surface area (Å²) in [7, 11) is 0.547. The molecule has 2 rings (SSSR count). The predicted octanol–water partition coefficient (Wildman–Crippen LogP) is 1.23. The lowest BCUT2D eigenvalue weighted by Gasteiger charge is -2.32. The van der Waals surface area contributed by atoms with Crippen molar-refractivity contribution in [2.45, 2.75) is 36.1 Å². The second-order valence-electron chi connectivity index (χ2n) is 5.29. The molecule has 2 N–H and O–H groups in total. The standard InChI is InChI=1S/C13H23N3O2S2/c1-14-8-11-7-13(19-10-11)20(17,18)15-9-12-5-3-4-6-16(12)2/h7,10,12,14-15H,3-6,8-9H2,1-2H3. The normalized spacial score (nSPS) is 21.2. The lowest BCUT2D eigenvalue weighted by molar-refractivity contribution is 0.187. The summed E-state index contributed by atoms with van der Waals surface area (Å²) in [6, 6.07) is 2.06. The monoisotopic (exact) mass is 317 g/mol. The summed E-state index contributed by atoms with van der Waals surface area (Å²) < 4.78 is 27.7. The van der Waals surface area contributed by atoms with Gasteiger partial charge in [-0.25, -0.2) is 13.1 Å². The highest BCUT2D eigenvalue weighted by atomic mass is 32.2. The molecule has 7 heteroatoms. The quantitative estimate of drug-likeness (QED) is 0.828. The Hall–Kier alpha value is -0.470. The first-order valence-corrected chi connectivity index (χ1v) is 9.31. The van der Waals surface area contributed by atoms with Crippen molar-refractivity contribution in [2.24, 2.45) is 0 Å². The zero-order valence-corrected chi connectivity index (χ0v) is 13.7. The summed E-state index contributed by atoms with van der Waals surface area (Å²) in [5.41, 5.74) is 1.01. The van der Waals surface area contributed by atoms with Crippen LogP contribution >= 0.6 is 11.3 Å². The molecule has 0 spiro atoms. The third kappa shape index (κ3) is 4.02. The third-order valence-corrected chi connectivity index (χ3v) is 6.62. The molecule has 0 aliphatic carbocycles. The van der Waals surface area contributed by atoms with E-state index < -0.39 is 10.0 Å². The Balaban J connectivity index is 1.95. The number of hydrogen-bond acceptors (Lipinski definition) is 5. The van der Waals surface area contributed by atoms with Crippen molar-refractivity contribution in [3.63, 3.8) is 0 Å². The Labute approximate surface area is 125 Å². The lowest BCUT2D eigenvalue weighted by atomic mass is 10.0. The van der Waals surface area contributed by atoms with Crippen LogP contribution in [0.15, 0.2) is 15.7 Å². The molecule has 1 aliphatic rings. The fraction of sp³-hybridized carbons (Fsp3) is 0.692. The molecule has 0 radical (unpaired) electrons. The highest BCUT2D eigenvalue weighted by Gasteiger charge is 2.22. The molecular weight excluding hydrogens is 294 g/mol. The van der Waals surface area contributed by atoms with Crippen molar-refractivity contribution < 1.29 is 8.42 Å². The van der Waals surface area contributed by atoms with Gasteiger partial charge in [-0.15, -0.1) is 11.3 Å². The summed E-state index contributed by atoms with van der Waals surface area (Å²) in [4.78, 5) is 2.24. The molecule has 1 saturated heterocycles. The number of thiophene rings is 1. The van der Waals surface area contributed by atoms with Crippen LogP contribution in [-0.2, 0) is 16.6 Å². The van der Waals surface area contributed by atoms with Crippen LogP contribution < -0.4 is 10.0 Å². The van der Waals surface area contributed by atoms with Gasteiger partial charge in [0.15, 0.2) is 0 Å². The fourth-order valence-corrected chi connectivity index (χ4v) is 4.80. The lowest BCUT2D eigenvalue weighted by Crippen LogP contribution is -2.44. The van der Waals surface area contributed by atoms with E-state index in [2.05, 4.69) is 22.0 Å². The molecule has 1 unspecified atom stereocenters. The first-order chi connectivity index (χ1) is 9.53. The Morgan fingerprint density at radius 3 is 2.95 bits per heavy atom. The van der Waals surface area contributed by atoms with E-state index in [1.807, 2.05) is 12.4 Å². The molecule has 1 aromatic heterocycles. The Kier molecular flexibility index (Phi) is 5.57. The van der Waals surface area contributed by atoms with Crippen molar-refractivity contribution in [3.8, 4) is 0 Å². The number of nitrogens with one attached hydrogen (secondary N) is 2. The van der Waals surface area contributed by atoms with Gasteiger partial charge in [-0.1, -0.05) is 6.42 Å². The SMILES string of the molecule is CNCc1csc(S(=O)(=O)NCC2CCCCN2C)c1. The van der Waals surface area contributed by atoms with Gasteiger partial charge in [0.05, 0.1) is 0 Å². The van der Waals surface area contributed by atoms with E-state index in [-0.39, 0.29) is 0 Å². The molecule has 5 nitrogen and oxygen atoms in total. The molecule has 0 amide bonds. The molecular formula is C13H23N3O2S2. The smallest absolute Gasteiger partial charge is 0.250 e. The highest BCUT2D eigenvalue weighted by Crippen LogP contribution is 2.21. The molecule has 20 heavy (non-hydrogen) atoms. The minimum absolute atomic E-state index is 0.315. The van der Waals surface area contributed by atoms with Gasteiger partial charge in [0, 0.05) is 19.1 Å². The van der Waals surface area contributed by atoms with Crippen molar-refractivity contribution in [2.75, 3.05) is 27.2 Å². The van der Waals surface area contributed by atoms with Crippen molar-refractivity contribution >= 4 is 21.4 Å². The van der Waals surface area contributed by atoms with Gasteiger partial charge in [0.2, 0.25) is 10.0 Å². The van der Waals surface area contributed by atoms with E-state index in [4.69, 9.17) is 0 Å². The van der Waals surface area contributed by atoms with Crippen LogP contribution in [0.1, 0.15) is 24.8 Å². The van der Waals surface area contributed by atoms with Crippen molar-refractivity contribution in [3.05, 3.63) is 17.0 Å². The second kappa shape index (κ2) is 7.00. The molecule has 1 aromatic rings. The fourth-order valence-electron chi connectivity index (χ4n) is 2.47. The molecule has 0 bridgehead atoms. The minimum atomic E-state index is -3.37. The molecule has 2 heterocycles. The Bertz CT molecular complexity index is 527. The van der Waals surface area contributed by atoms with E-state index >= 15 is 0 Å². The molecule has 1 aliphatic heterocycles. The summed E-state index contributed by atoms with van der Waals surface area (Å²) in [6.45, 7) is 2.24. The first-order valence-electron chi connectivity index (χ1n) is 6.95.